The highest BCUT2D eigenvalue weighted by atomic mass is 32.2. The number of hydrogen-bond donors (Lipinski definition) is 0. The Hall–Kier alpha value is -0.620. The summed E-state index contributed by atoms with van der Waals surface area (Å²) in [5, 5.41) is 0. The molecule has 5 nitrogen and oxygen atoms in total. The third-order valence-corrected chi connectivity index (χ3v) is 6.05. The SMILES string of the molecule is CCCN(CCC)C(=O)CCCCS(=O)(=O)N1CCCCC1. The van der Waals surface area contributed by atoms with Gasteiger partial charge in [-0.25, -0.2) is 12.7 Å². The van der Waals surface area contributed by atoms with Crippen LogP contribution in [0.3, 0.4) is 0 Å². The van der Waals surface area contributed by atoms with Crippen molar-refractivity contribution in [3.05, 3.63) is 0 Å². The maximum Gasteiger partial charge on any atom is 0.222 e. The maximum absolute atomic E-state index is 12.2. The van der Waals surface area contributed by atoms with Crippen LogP contribution < -0.4 is 0 Å². The Morgan fingerprint density at radius 2 is 1.59 bits per heavy atom. The Kier molecular flexibility index (Phi) is 9.02. The Morgan fingerprint density at radius 3 is 2.14 bits per heavy atom. The van der Waals surface area contributed by atoms with E-state index in [4.69, 9.17) is 0 Å². The summed E-state index contributed by atoms with van der Waals surface area (Å²) in [7, 11) is -3.11. The number of carbonyl (C=O) groups excluding carboxylic acids is 1. The van der Waals surface area contributed by atoms with E-state index >= 15 is 0 Å². The second-order valence-electron chi connectivity index (χ2n) is 6.11. The van der Waals surface area contributed by atoms with Crippen LogP contribution in [0.5, 0.6) is 0 Å². The van der Waals surface area contributed by atoms with Crippen LogP contribution in [0.4, 0.5) is 0 Å². The molecule has 130 valence electrons. The van der Waals surface area contributed by atoms with Crippen LogP contribution in [0, 0.1) is 0 Å². The number of rotatable bonds is 10. The van der Waals surface area contributed by atoms with Gasteiger partial charge < -0.3 is 4.90 Å². The van der Waals surface area contributed by atoms with E-state index in [-0.39, 0.29) is 11.7 Å². The largest absolute Gasteiger partial charge is 0.343 e. The van der Waals surface area contributed by atoms with Crippen LogP contribution in [-0.2, 0) is 14.8 Å². The molecule has 0 aromatic rings. The zero-order chi connectivity index (χ0) is 16.4. The first-order chi connectivity index (χ1) is 10.5. The summed E-state index contributed by atoms with van der Waals surface area (Å²) in [6.07, 6.45) is 6.72. The molecule has 0 bridgehead atoms. The van der Waals surface area contributed by atoms with Crippen molar-refractivity contribution in [2.75, 3.05) is 31.9 Å². The predicted molar refractivity (Wildman–Crippen MR) is 90.2 cm³/mol. The third kappa shape index (κ3) is 6.65. The second kappa shape index (κ2) is 10.2. The molecule has 0 N–H and O–H groups in total. The van der Waals surface area contributed by atoms with Crippen LogP contribution in [0.2, 0.25) is 0 Å². The average Bonchev–Trinajstić information content (AvgIpc) is 2.52. The maximum atomic E-state index is 12.2. The lowest BCUT2D eigenvalue weighted by atomic mass is 10.2. The minimum Gasteiger partial charge on any atom is -0.343 e. The van der Waals surface area contributed by atoms with Crippen molar-refractivity contribution in [3.63, 3.8) is 0 Å². The van der Waals surface area contributed by atoms with Gasteiger partial charge in [-0.1, -0.05) is 20.3 Å². The molecule has 0 aromatic carbocycles. The van der Waals surface area contributed by atoms with Gasteiger partial charge in [-0.2, -0.15) is 0 Å². The first-order valence-corrected chi connectivity index (χ1v) is 10.4. The molecule has 22 heavy (non-hydrogen) atoms. The third-order valence-electron chi connectivity index (χ3n) is 4.09. The lowest BCUT2D eigenvalue weighted by Crippen LogP contribution is -2.37. The van der Waals surface area contributed by atoms with Crippen molar-refractivity contribution < 1.29 is 13.2 Å². The highest BCUT2D eigenvalue weighted by Gasteiger charge is 2.23. The van der Waals surface area contributed by atoms with Gasteiger partial charge in [0.2, 0.25) is 15.9 Å². The number of sulfonamides is 1. The highest BCUT2D eigenvalue weighted by Crippen LogP contribution is 2.15. The molecule has 0 spiro atoms. The molecule has 0 aliphatic carbocycles. The molecule has 0 saturated carbocycles. The van der Waals surface area contributed by atoms with Crippen LogP contribution in [0.25, 0.3) is 0 Å². The van der Waals surface area contributed by atoms with Gasteiger partial charge in [0.15, 0.2) is 0 Å². The van der Waals surface area contributed by atoms with E-state index in [1.54, 1.807) is 4.31 Å². The Labute approximate surface area is 136 Å². The van der Waals surface area contributed by atoms with Gasteiger partial charge in [-0.3, -0.25) is 4.79 Å². The predicted octanol–water partition coefficient (Wildman–Crippen LogP) is 2.62. The summed E-state index contributed by atoms with van der Waals surface area (Å²) in [5.41, 5.74) is 0. The normalized spacial score (nSPS) is 16.6. The number of amides is 1. The molecule has 0 atom stereocenters. The van der Waals surface area contributed by atoms with Gasteiger partial charge in [-0.15, -0.1) is 0 Å². The minimum atomic E-state index is -3.11. The van der Waals surface area contributed by atoms with Gasteiger partial charge in [0, 0.05) is 32.6 Å². The number of carbonyl (C=O) groups is 1. The number of unbranched alkanes of at least 4 members (excludes halogenated alkanes) is 1. The number of hydrogen-bond acceptors (Lipinski definition) is 3. The van der Waals surface area contributed by atoms with Crippen molar-refractivity contribution in [2.24, 2.45) is 0 Å². The summed E-state index contributed by atoms with van der Waals surface area (Å²) in [4.78, 5) is 14.0. The van der Waals surface area contributed by atoms with Crippen LogP contribution in [-0.4, -0.2) is 55.5 Å². The van der Waals surface area contributed by atoms with Gasteiger partial charge >= 0.3 is 0 Å². The number of nitrogens with zero attached hydrogens (tertiary/aromatic N) is 2. The molecule has 0 radical (unpaired) electrons. The van der Waals surface area contributed by atoms with Crippen LogP contribution >= 0.6 is 0 Å². The topological polar surface area (TPSA) is 57.7 Å². The van der Waals surface area contributed by atoms with E-state index in [1.165, 1.54) is 0 Å². The fourth-order valence-corrected chi connectivity index (χ4v) is 4.53. The average molecular weight is 333 g/mol. The molecule has 1 rings (SSSR count). The molecule has 1 heterocycles. The smallest absolute Gasteiger partial charge is 0.222 e. The van der Waals surface area contributed by atoms with Crippen molar-refractivity contribution >= 4 is 15.9 Å². The zero-order valence-corrected chi connectivity index (χ0v) is 15.0. The summed E-state index contributed by atoms with van der Waals surface area (Å²) in [5.74, 6) is 0.348. The Balaban J connectivity index is 2.29. The van der Waals surface area contributed by atoms with Gasteiger partial charge in [0.05, 0.1) is 5.75 Å². The first kappa shape index (κ1) is 19.4. The van der Waals surface area contributed by atoms with E-state index in [9.17, 15) is 13.2 Å². The van der Waals surface area contributed by atoms with Crippen molar-refractivity contribution in [1.82, 2.24) is 9.21 Å². The molecule has 1 fully saturated rings. The second-order valence-corrected chi connectivity index (χ2v) is 8.20. The molecule has 0 unspecified atom stereocenters. The Morgan fingerprint density at radius 1 is 1.00 bits per heavy atom. The van der Waals surface area contributed by atoms with E-state index in [1.807, 2.05) is 4.90 Å². The van der Waals surface area contributed by atoms with Crippen molar-refractivity contribution in [1.29, 1.82) is 0 Å². The van der Waals surface area contributed by atoms with Gasteiger partial charge in [0.1, 0.15) is 0 Å². The zero-order valence-electron chi connectivity index (χ0n) is 14.2. The lowest BCUT2D eigenvalue weighted by molar-refractivity contribution is -0.131. The summed E-state index contributed by atoms with van der Waals surface area (Å²) in [6.45, 7) is 7.09. The molecule has 1 aliphatic heterocycles. The quantitative estimate of drug-likeness (QED) is 0.578. The fourth-order valence-electron chi connectivity index (χ4n) is 2.89. The summed E-state index contributed by atoms with van der Waals surface area (Å²) in [6, 6.07) is 0. The molecule has 0 aromatic heterocycles. The fraction of sp³-hybridized carbons (Fsp3) is 0.938. The van der Waals surface area contributed by atoms with Crippen molar-refractivity contribution in [2.45, 2.75) is 65.2 Å². The minimum absolute atomic E-state index is 0.166. The van der Waals surface area contributed by atoms with E-state index in [0.717, 1.165) is 45.2 Å². The van der Waals surface area contributed by atoms with Gasteiger partial charge in [0.25, 0.3) is 0 Å². The molecule has 1 aliphatic rings. The van der Waals surface area contributed by atoms with Crippen LogP contribution in [0.1, 0.15) is 65.2 Å². The van der Waals surface area contributed by atoms with Gasteiger partial charge in [-0.05, 0) is 38.5 Å². The standard InChI is InChI=1S/C16H32N2O3S/c1-3-11-17(12-4-2)16(19)10-6-9-15-22(20,21)18-13-7-5-8-14-18/h3-15H2,1-2H3. The lowest BCUT2D eigenvalue weighted by Gasteiger charge is -2.26. The molecular weight excluding hydrogens is 300 g/mol. The van der Waals surface area contributed by atoms with E-state index in [0.29, 0.717) is 32.4 Å². The van der Waals surface area contributed by atoms with Crippen LogP contribution in [0.15, 0.2) is 0 Å². The molecule has 6 heteroatoms. The van der Waals surface area contributed by atoms with E-state index < -0.39 is 10.0 Å². The number of piperidine rings is 1. The molecular formula is C16H32N2O3S. The van der Waals surface area contributed by atoms with E-state index in [2.05, 4.69) is 13.8 Å². The summed E-state index contributed by atoms with van der Waals surface area (Å²) >= 11 is 0. The summed E-state index contributed by atoms with van der Waals surface area (Å²) < 4.78 is 26.0. The monoisotopic (exact) mass is 332 g/mol. The Bertz CT molecular complexity index is 411. The molecule has 1 saturated heterocycles. The first-order valence-electron chi connectivity index (χ1n) is 8.76. The van der Waals surface area contributed by atoms with Crippen molar-refractivity contribution in [3.8, 4) is 0 Å². The molecule has 1 amide bonds. The highest BCUT2D eigenvalue weighted by molar-refractivity contribution is 7.89.